The molecule has 1 aromatic carbocycles. The summed E-state index contributed by atoms with van der Waals surface area (Å²) in [7, 11) is -3.88. The first-order chi connectivity index (χ1) is 12.5. The maximum Gasteiger partial charge on any atom is 0.246 e. The molecule has 2 aliphatic heterocycles. The van der Waals surface area contributed by atoms with E-state index in [1.807, 2.05) is 4.57 Å². The van der Waals surface area contributed by atoms with Gasteiger partial charge in [-0.3, -0.25) is 0 Å². The molecule has 1 N–H and O–H groups in total. The highest BCUT2D eigenvalue weighted by atomic mass is 32.2. The molecular weight excluding hydrogens is 357 g/mol. The normalized spacial score (nSPS) is 21.5. The van der Waals surface area contributed by atoms with E-state index in [2.05, 4.69) is 15.5 Å². The highest BCUT2D eigenvalue weighted by molar-refractivity contribution is 7.89. The maximum atomic E-state index is 14.2. The molecule has 140 valence electrons. The van der Waals surface area contributed by atoms with Gasteiger partial charge in [0.1, 0.15) is 22.4 Å². The van der Waals surface area contributed by atoms with E-state index in [1.165, 1.54) is 16.4 Å². The molecule has 0 saturated carbocycles. The van der Waals surface area contributed by atoms with Crippen LogP contribution in [0.3, 0.4) is 0 Å². The average molecular weight is 379 g/mol. The first-order valence-electron chi connectivity index (χ1n) is 8.88. The van der Waals surface area contributed by atoms with Gasteiger partial charge in [-0.05, 0) is 44.0 Å². The van der Waals surface area contributed by atoms with E-state index in [9.17, 15) is 12.8 Å². The number of benzene rings is 1. The zero-order valence-electron chi connectivity index (χ0n) is 14.7. The maximum absolute atomic E-state index is 14.2. The second-order valence-electron chi connectivity index (χ2n) is 6.86. The Kier molecular flexibility index (Phi) is 4.54. The van der Waals surface area contributed by atoms with Gasteiger partial charge in [0.05, 0.1) is 6.04 Å². The fraction of sp³-hybridized carbons (Fsp3) is 0.529. The van der Waals surface area contributed by atoms with Gasteiger partial charge in [0.15, 0.2) is 0 Å². The second kappa shape index (κ2) is 6.71. The molecule has 2 aromatic rings. The SMILES string of the molecule is Cc1ccc(F)c(S(=O)(=O)N2CCc3nnc([C@H]4CCCN4)n3CC2)c1. The number of hydrogen-bond acceptors (Lipinski definition) is 5. The number of nitrogens with zero attached hydrogens (tertiary/aromatic N) is 4. The van der Waals surface area contributed by atoms with E-state index < -0.39 is 15.8 Å². The van der Waals surface area contributed by atoms with Crippen molar-refractivity contribution in [1.82, 2.24) is 24.4 Å². The molecule has 0 spiro atoms. The summed E-state index contributed by atoms with van der Waals surface area (Å²) in [5.74, 6) is 0.949. The van der Waals surface area contributed by atoms with Crippen molar-refractivity contribution in [3.8, 4) is 0 Å². The number of hydrogen-bond donors (Lipinski definition) is 1. The molecule has 1 fully saturated rings. The van der Waals surface area contributed by atoms with Gasteiger partial charge >= 0.3 is 0 Å². The first kappa shape index (κ1) is 17.6. The summed E-state index contributed by atoms with van der Waals surface area (Å²) >= 11 is 0. The van der Waals surface area contributed by atoms with Crippen molar-refractivity contribution in [3.63, 3.8) is 0 Å². The van der Waals surface area contributed by atoms with Crippen LogP contribution < -0.4 is 5.32 Å². The van der Waals surface area contributed by atoms with Crippen molar-refractivity contribution < 1.29 is 12.8 Å². The summed E-state index contributed by atoms with van der Waals surface area (Å²) in [6, 6.07) is 4.34. The number of nitrogens with one attached hydrogen (secondary N) is 1. The Balaban J connectivity index is 1.60. The molecule has 2 aliphatic rings. The molecule has 4 rings (SSSR count). The topological polar surface area (TPSA) is 80.1 Å². The van der Waals surface area contributed by atoms with Gasteiger partial charge in [-0.2, -0.15) is 4.31 Å². The van der Waals surface area contributed by atoms with Crippen LogP contribution in [0.5, 0.6) is 0 Å². The molecule has 7 nitrogen and oxygen atoms in total. The van der Waals surface area contributed by atoms with Crippen molar-refractivity contribution in [3.05, 3.63) is 41.2 Å². The Hall–Kier alpha value is -1.84. The predicted molar refractivity (Wildman–Crippen MR) is 93.6 cm³/mol. The molecule has 1 atom stereocenters. The molecule has 0 bridgehead atoms. The minimum absolute atomic E-state index is 0.175. The van der Waals surface area contributed by atoms with Crippen LogP contribution in [0, 0.1) is 12.7 Å². The van der Waals surface area contributed by atoms with E-state index in [4.69, 9.17) is 0 Å². The Labute approximate surface area is 152 Å². The monoisotopic (exact) mass is 379 g/mol. The summed E-state index contributed by atoms with van der Waals surface area (Å²) in [5.41, 5.74) is 0.714. The predicted octanol–water partition coefficient (Wildman–Crippen LogP) is 1.40. The second-order valence-corrected chi connectivity index (χ2v) is 8.77. The van der Waals surface area contributed by atoms with Gasteiger partial charge in [0, 0.05) is 26.1 Å². The quantitative estimate of drug-likeness (QED) is 0.872. The van der Waals surface area contributed by atoms with Gasteiger partial charge in [0.2, 0.25) is 10.0 Å². The Morgan fingerprint density at radius 3 is 2.85 bits per heavy atom. The van der Waals surface area contributed by atoms with Crippen LogP contribution in [0.15, 0.2) is 23.1 Å². The summed E-state index contributed by atoms with van der Waals surface area (Å²) < 4.78 is 43.4. The van der Waals surface area contributed by atoms with Gasteiger partial charge in [-0.25, -0.2) is 12.8 Å². The molecule has 0 unspecified atom stereocenters. The lowest BCUT2D eigenvalue weighted by Gasteiger charge is -2.20. The van der Waals surface area contributed by atoms with E-state index >= 15 is 0 Å². The Bertz CT molecular complexity index is 921. The largest absolute Gasteiger partial charge is 0.312 e. The van der Waals surface area contributed by atoms with Crippen molar-refractivity contribution in [2.45, 2.75) is 43.7 Å². The highest BCUT2D eigenvalue weighted by Gasteiger charge is 2.32. The molecular formula is C17H22FN5O2S. The standard InChI is InChI=1S/C17H22FN5O2S/c1-12-4-5-13(18)15(11-12)26(24,25)22-8-6-16-20-21-17(23(16)10-9-22)14-3-2-7-19-14/h4-5,11,14,19H,2-3,6-10H2,1H3/t14-/m1/s1. The summed E-state index contributed by atoms with van der Waals surface area (Å²) in [6.07, 6.45) is 2.57. The Morgan fingerprint density at radius 2 is 2.08 bits per heavy atom. The lowest BCUT2D eigenvalue weighted by molar-refractivity contribution is 0.406. The van der Waals surface area contributed by atoms with Crippen LogP contribution in [-0.4, -0.2) is 47.1 Å². The Morgan fingerprint density at radius 1 is 1.23 bits per heavy atom. The van der Waals surface area contributed by atoms with Crippen LogP contribution >= 0.6 is 0 Å². The van der Waals surface area contributed by atoms with Crippen LogP contribution in [0.1, 0.15) is 36.1 Å². The molecule has 0 amide bonds. The fourth-order valence-corrected chi connectivity index (χ4v) is 5.26. The first-order valence-corrected chi connectivity index (χ1v) is 10.3. The van der Waals surface area contributed by atoms with Crippen molar-refractivity contribution in [1.29, 1.82) is 0 Å². The van der Waals surface area contributed by atoms with E-state index in [0.717, 1.165) is 31.0 Å². The number of sulfonamides is 1. The average Bonchev–Trinajstić information content (AvgIpc) is 3.22. The smallest absolute Gasteiger partial charge is 0.246 e. The molecule has 0 radical (unpaired) electrons. The molecule has 26 heavy (non-hydrogen) atoms. The van der Waals surface area contributed by atoms with E-state index in [0.29, 0.717) is 18.5 Å². The zero-order valence-corrected chi connectivity index (χ0v) is 15.5. The van der Waals surface area contributed by atoms with Crippen LogP contribution in [0.2, 0.25) is 0 Å². The van der Waals surface area contributed by atoms with E-state index in [1.54, 1.807) is 13.0 Å². The fourth-order valence-electron chi connectivity index (χ4n) is 3.68. The summed E-state index contributed by atoms with van der Waals surface area (Å²) in [6.45, 7) is 3.73. The summed E-state index contributed by atoms with van der Waals surface area (Å²) in [4.78, 5) is -0.257. The highest BCUT2D eigenvalue weighted by Crippen LogP contribution is 2.26. The van der Waals surface area contributed by atoms with Gasteiger partial charge in [0.25, 0.3) is 0 Å². The lowest BCUT2D eigenvalue weighted by Crippen LogP contribution is -2.34. The molecule has 0 aliphatic carbocycles. The van der Waals surface area contributed by atoms with Gasteiger partial charge in [-0.15, -0.1) is 10.2 Å². The van der Waals surface area contributed by atoms with Gasteiger partial charge in [-0.1, -0.05) is 6.07 Å². The summed E-state index contributed by atoms with van der Waals surface area (Å²) in [5, 5.41) is 12.0. The minimum atomic E-state index is -3.88. The molecule has 1 saturated heterocycles. The number of halogens is 1. The third-order valence-electron chi connectivity index (χ3n) is 5.09. The van der Waals surface area contributed by atoms with Crippen LogP contribution in [0.4, 0.5) is 4.39 Å². The van der Waals surface area contributed by atoms with E-state index in [-0.39, 0.29) is 24.0 Å². The number of aryl methyl sites for hydroxylation is 1. The van der Waals surface area contributed by atoms with Crippen molar-refractivity contribution in [2.24, 2.45) is 0 Å². The molecule has 1 aromatic heterocycles. The third kappa shape index (κ3) is 3.04. The molecule has 9 heteroatoms. The lowest BCUT2D eigenvalue weighted by atomic mass is 10.2. The molecule has 3 heterocycles. The number of rotatable bonds is 3. The zero-order chi connectivity index (χ0) is 18.3. The van der Waals surface area contributed by atoms with Crippen LogP contribution in [-0.2, 0) is 23.0 Å². The number of aromatic nitrogens is 3. The van der Waals surface area contributed by atoms with Crippen molar-refractivity contribution >= 4 is 10.0 Å². The third-order valence-corrected chi connectivity index (χ3v) is 7.00. The van der Waals surface area contributed by atoms with Crippen molar-refractivity contribution in [2.75, 3.05) is 19.6 Å². The minimum Gasteiger partial charge on any atom is -0.312 e. The van der Waals surface area contributed by atoms with Crippen LogP contribution in [0.25, 0.3) is 0 Å². The van der Waals surface area contributed by atoms with Gasteiger partial charge < -0.3 is 9.88 Å². The number of fused-ring (bicyclic) bond motifs is 1.